The van der Waals surface area contributed by atoms with Gasteiger partial charge in [-0.25, -0.2) is 0 Å². The molecule has 2 aromatic carbocycles. The van der Waals surface area contributed by atoms with E-state index in [1.807, 2.05) is 12.1 Å². The van der Waals surface area contributed by atoms with Crippen molar-refractivity contribution in [3.63, 3.8) is 0 Å². The molecule has 0 N–H and O–H groups in total. The van der Waals surface area contributed by atoms with E-state index in [0.29, 0.717) is 59.0 Å². The van der Waals surface area contributed by atoms with Crippen molar-refractivity contribution in [2.24, 2.45) is 0 Å². The van der Waals surface area contributed by atoms with Crippen LogP contribution in [0.3, 0.4) is 0 Å². The van der Waals surface area contributed by atoms with Crippen molar-refractivity contribution in [1.29, 1.82) is 0 Å². The van der Waals surface area contributed by atoms with Gasteiger partial charge in [0, 0.05) is 31.7 Å². The third-order valence-corrected chi connectivity index (χ3v) is 6.52. The van der Waals surface area contributed by atoms with Crippen molar-refractivity contribution in [2.45, 2.75) is 6.10 Å². The van der Waals surface area contributed by atoms with Gasteiger partial charge in [0.1, 0.15) is 12.4 Å². The molecule has 3 heterocycles. The third-order valence-electron chi connectivity index (χ3n) is 5.70. The van der Waals surface area contributed by atoms with Gasteiger partial charge in [0.15, 0.2) is 17.3 Å². The molecule has 0 saturated carbocycles. The summed E-state index contributed by atoms with van der Waals surface area (Å²) in [5, 5.41) is 0.784. The lowest BCUT2D eigenvalue weighted by molar-refractivity contribution is -0.142. The first-order valence-electron chi connectivity index (χ1n) is 10.5. The lowest BCUT2D eigenvalue weighted by Crippen LogP contribution is -2.55. The number of halogens is 2. The highest BCUT2D eigenvalue weighted by Gasteiger charge is 2.34. The fraction of sp³-hybridized carbons (Fsp3) is 0.250. The van der Waals surface area contributed by atoms with Crippen LogP contribution in [0.2, 0.25) is 10.0 Å². The molecule has 0 aliphatic carbocycles. The van der Waals surface area contributed by atoms with E-state index < -0.39 is 6.10 Å². The number of piperazine rings is 1. The number of fused-ring (bicyclic) bond motifs is 1. The molecule has 3 aromatic rings. The van der Waals surface area contributed by atoms with Crippen LogP contribution in [-0.4, -0.2) is 60.5 Å². The van der Waals surface area contributed by atoms with Gasteiger partial charge in [-0.3, -0.25) is 9.59 Å². The summed E-state index contributed by atoms with van der Waals surface area (Å²) in [5.74, 6) is 1.49. The maximum atomic E-state index is 12.9. The molecule has 1 saturated heterocycles. The van der Waals surface area contributed by atoms with Crippen molar-refractivity contribution in [1.82, 2.24) is 9.80 Å². The van der Waals surface area contributed by atoms with Crippen LogP contribution in [0.5, 0.6) is 11.5 Å². The van der Waals surface area contributed by atoms with Crippen LogP contribution in [0.1, 0.15) is 10.6 Å². The molecular formula is C24H20Cl2N2O5. The average Bonchev–Trinajstić information content (AvgIpc) is 3.34. The Morgan fingerprint density at radius 1 is 0.848 bits per heavy atom. The van der Waals surface area contributed by atoms with Gasteiger partial charge in [0.05, 0.1) is 10.0 Å². The van der Waals surface area contributed by atoms with Crippen LogP contribution in [0.4, 0.5) is 0 Å². The van der Waals surface area contributed by atoms with E-state index in [0.717, 1.165) is 0 Å². The number of benzene rings is 2. The molecule has 170 valence electrons. The summed E-state index contributed by atoms with van der Waals surface area (Å²) < 4.78 is 17.2. The summed E-state index contributed by atoms with van der Waals surface area (Å²) in [7, 11) is 0. The van der Waals surface area contributed by atoms with Crippen molar-refractivity contribution in [3.05, 3.63) is 70.4 Å². The maximum Gasteiger partial charge on any atom is 0.289 e. The summed E-state index contributed by atoms with van der Waals surface area (Å²) in [5.41, 5.74) is 0.620. The summed E-state index contributed by atoms with van der Waals surface area (Å²) in [6.07, 6.45) is -0.697. The van der Waals surface area contributed by atoms with Crippen LogP contribution in [0.25, 0.3) is 11.3 Å². The Kier molecular flexibility index (Phi) is 5.91. The molecule has 1 unspecified atom stereocenters. The zero-order valence-corrected chi connectivity index (χ0v) is 19.0. The highest BCUT2D eigenvalue weighted by molar-refractivity contribution is 6.43. The van der Waals surface area contributed by atoms with E-state index in [1.165, 1.54) is 0 Å². The molecule has 33 heavy (non-hydrogen) atoms. The first-order valence-corrected chi connectivity index (χ1v) is 11.3. The van der Waals surface area contributed by atoms with Crippen molar-refractivity contribution in [3.8, 4) is 22.8 Å². The number of hydrogen-bond acceptors (Lipinski definition) is 5. The molecule has 0 spiro atoms. The number of para-hydroxylation sites is 2. The zero-order chi connectivity index (χ0) is 22.9. The third kappa shape index (κ3) is 4.26. The number of furan rings is 1. The van der Waals surface area contributed by atoms with E-state index >= 15 is 0 Å². The number of ether oxygens (including phenoxy) is 2. The van der Waals surface area contributed by atoms with Crippen LogP contribution in [-0.2, 0) is 4.79 Å². The van der Waals surface area contributed by atoms with E-state index in [1.54, 1.807) is 52.3 Å². The summed E-state index contributed by atoms with van der Waals surface area (Å²) in [4.78, 5) is 29.2. The molecule has 2 amide bonds. The largest absolute Gasteiger partial charge is 0.485 e. The molecule has 1 aromatic heterocycles. The SMILES string of the molecule is O=C(c1ccc(-c2cccc(Cl)c2Cl)o1)N1CCN(C(=O)C2COc3ccccc3O2)CC1. The second-order valence-corrected chi connectivity index (χ2v) is 8.53. The number of amides is 2. The molecule has 7 nitrogen and oxygen atoms in total. The van der Waals surface area contributed by atoms with Gasteiger partial charge in [-0.2, -0.15) is 0 Å². The minimum atomic E-state index is -0.697. The monoisotopic (exact) mass is 486 g/mol. The number of hydrogen-bond donors (Lipinski definition) is 0. The van der Waals surface area contributed by atoms with Crippen LogP contribution >= 0.6 is 23.2 Å². The lowest BCUT2D eigenvalue weighted by atomic mass is 10.2. The van der Waals surface area contributed by atoms with E-state index in [-0.39, 0.29) is 24.2 Å². The van der Waals surface area contributed by atoms with E-state index in [2.05, 4.69) is 0 Å². The average molecular weight is 487 g/mol. The second kappa shape index (κ2) is 9.00. The Hall–Kier alpha value is -3.16. The van der Waals surface area contributed by atoms with Crippen molar-refractivity contribution < 1.29 is 23.5 Å². The maximum absolute atomic E-state index is 12.9. The first-order chi connectivity index (χ1) is 16.0. The number of carbonyl (C=O) groups is 2. The van der Waals surface area contributed by atoms with Gasteiger partial charge in [0.25, 0.3) is 11.8 Å². The van der Waals surface area contributed by atoms with Crippen LogP contribution in [0, 0.1) is 0 Å². The van der Waals surface area contributed by atoms with Gasteiger partial charge in [-0.15, -0.1) is 0 Å². The van der Waals surface area contributed by atoms with E-state index in [4.69, 9.17) is 37.1 Å². The van der Waals surface area contributed by atoms with E-state index in [9.17, 15) is 9.59 Å². The van der Waals surface area contributed by atoms with Gasteiger partial charge >= 0.3 is 0 Å². The lowest BCUT2D eigenvalue weighted by Gasteiger charge is -2.36. The molecule has 5 rings (SSSR count). The number of rotatable bonds is 3. The normalized spacial score (nSPS) is 17.7. The number of nitrogens with zero attached hydrogens (tertiary/aromatic N) is 2. The molecule has 0 bridgehead atoms. The number of carbonyl (C=O) groups excluding carboxylic acids is 2. The standard InChI is InChI=1S/C24H20Cl2N2O5/c25-16-5-3-4-15(22(16)26)17-8-9-20(32-17)23(29)27-10-12-28(13-11-27)24(30)21-14-31-18-6-1-2-7-19(18)33-21/h1-9,21H,10-14H2. The first kappa shape index (κ1) is 21.7. The van der Waals surface area contributed by atoms with Crippen LogP contribution < -0.4 is 9.47 Å². The zero-order valence-electron chi connectivity index (χ0n) is 17.5. The molecule has 2 aliphatic heterocycles. The summed E-state index contributed by atoms with van der Waals surface area (Å²) in [6.45, 7) is 1.75. The molecule has 1 atom stereocenters. The molecule has 2 aliphatic rings. The van der Waals surface area contributed by atoms with Crippen molar-refractivity contribution >= 4 is 35.0 Å². The predicted molar refractivity (Wildman–Crippen MR) is 123 cm³/mol. The Bertz CT molecular complexity index is 1200. The molecule has 1 fully saturated rings. The fourth-order valence-electron chi connectivity index (χ4n) is 3.92. The minimum absolute atomic E-state index is 0.146. The van der Waals surface area contributed by atoms with Gasteiger partial charge in [0.2, 0.25) is 6.10 Å². The van der Waals surface area contributed by atoms with Gasteiger partial charge in [-0.05, 0) is 36.4 Å². The van der Waals surface area contributed by atoms with Gasteiger partial charge < -0.3 is 23.7 Å². The van der Waals surface area contributed by atoms with Crippen molar-refractivity contribution in [2.75, 3.05) is 32.8 Å². The van der Waals surface area contributed by atoms with Gasteiger partial charge in [-0.1, -0.05) is 41.4 Å². The second-order valence-electron chi connectivity index (χ2n) is 7.75. The topological polar surface area (TPSA) is 72.2 Å². The Morgan fingerprint density at radius 3 is 2.36 bits per heavy atom. The molecule has 0 radical (unpaired) electrons. The molecular weight excluding hydrogens is 467 g/mol. The minimum Gasteiger partial charge on any atom is -0.485 e. The molecule has 9 heteroatoms. The smallest absolute Gasteiger partial charge is 0.289 e. The fourth-order valence-corrected chi connectivity index (χ4v) is 4.32. The Morgan fingerprint density at radius 2 is 1.58 bits per heavy atom. The summed E-state index contributed by atoms with van der Waals surface area (Å²) >= 11 is 12.3. The highest BCUT2D eigenvalue weighted by Crippen LogP contribution is 2.35. The van der Waals surface area contributed by atoms with Crippen LogP contribution in [0.15, 0.2) is 59.0 Å². The summed E-state index contributed by atoms with van der Waals surface area (Å²) in [6, 6.07) is 15.8. The predicted octanol–water partition coefficient (Wildman–Crippen LogP) is 4.38. The Labute approximate surface area is 200 Å². The quantitative estimate of drug-likeness (QED) is 0.549. The highest BCUT2D eigenvalue weighted by atomic mass is 35.5. The Balaban J connectivity index is 1.20.